The predicted molar refractivity (Wildman–Crippen MR) is 86.4 cm³/mol. The molecule has 0 radical (unpaired) electrons. The van der Waals surface area contributed by atoms with Crippen LogP contribution in [0.3, 0.4) is 0 Å². The van der Waals surface area contributed by atoms with Crippen LogP contribution in [-0.2, 0) is 6.54 Å². The van der Waals surface area contributed by atoms with E-state index in [1.165, 1.54) is 12.4 Å². The maximum atomic E-state index is 12.9. The van der Waals surface area contributed by atoms with Crippen LogP contribution in [0.4, 0.5) is 5.82 Å². The monoisotopic (exact) mass is 312 g/mol. The SMILES string of the molecule is Nc1nccnc1C(=O)N(Cc1ccccc1)[C@H](CO)C1CC1. The van der Waals surface area contributed by atoms with Gasteiger partial charge in [-0.2, -0.15) is 0 Å². The molecule has 1 heterocycles. The number of carbonyl (C=O) groups excluding carboxylic acids is 1. The van der Waals surface area contributed by atoms with Gasteiger partial charge in [0.1, 0.15) is 0 Å². The summed E-state index contributed by atoms with van der Waals surface area (Å²) >= 11 is 0. The largest absolute Gasteiger partial charge is 0.394 e. The lowest BCUT2D eigenvalue weighted by molar-refractivity contribution is 0.0526. The van der Waals surface area contributed by atoms with Crippen molar-refractivity contribution in [3.05, 3.63) is 54.0 Å². The highest BCUT2D eigenvalue weighted by Gasteiger charge is 2.38. The van der Waals surface area contributed by atoms with Crippen molar-refractivity contribution < 1.29 is 9.90 Å². The van der Waals surface area contributed by atoms with Crippen molar-refractivity contribution >= 4 is 11.7 Å². The lowest BCUT2D eigenvalue weighted by Crippen LogP contribution is -2.44. The molecule has 1 aliphatic carbocycles. The summed E-state index contributed by atoms with van der Waals surface area (Å²) in [6.07, 6.45) is 4.97. The highest BCUT2D eigenvalue weighted by molar-refractivity contribution is 5.96. The lowest BCUT2D eigenvalue weighted by atomic mass is 10.1. The molecule has 120 valence electrons. The van der Waals surface area contributed by atoms with Gasteiger partial charge in [0.25, 0.3) is 5.91 Å². The van der Waals surface area contributed by atoms with E-state index in [2.05, 4.69) is 9.97 Å². The molecule has 2 aromatic rings. The van der Waals surface area contributed by atoms with Crippen LogP contribution in [0.2, 0.25) is 0 Å². The van der Waals surface area contributed by atoms with E-state index in [4.69, 9.17) is 5.73 Å². The number of nitrogens with two attached hydrogens (primary N) is 1. The fourth-order valence-electron chi connectivity index (χ4n) is 2.75. The summed E-state index contributed by atoms with van der Waals surface area (Å²) in [5.41, 5.74) is 6.95. The van der Waals surface area contributed by atoms with E-state index < -0.39 is 0 Å². The second-order valence-corrected chi connectivity index (χ2v) is 5.80. The Morgan fingerprint density at radius 2 is 1.96 bits per heavy atom. The predicted octanol–water partition coefficient (Wildman–Crippen LogP) is 1.47. The number of nitrogen functional groups attached to an aromatic ring is 1. The molecule has 3 N–H and O–H groups in total. The molecule has 0 saturated heterocycles. The number of rotatable bonds is 6. The van der Waals surface area contributed by atoms with E-state index in [1.807, 2.05) is 30.3 Å². The number of amides is 1. The molecule has 1 atom stereocenters. The summed E-state index contributed by atoms with van der Waals surface area (Å²) in [5.74, 6) is 0.166. The van der Waals surface area contributed by atoms with Crippen molar-refractivity contribution in [3.63, 3.8) is 0 Å². The molecule has 0 aliphatic heterocycles. The zero-order valence-corrected chi connectivity index (χ0v) is 12.8. The minimum Gasteiger partial charge on any atom is -0.394 e. The molecule has 1 aromatic heterocycles. The average molecular weight is 312 g/mol. The molecule has 3 rings (SSSR count). The number of nitrogens with zero attached hydrogens (tertiary/aromatic N) is 3. The smallest absolute Gasteiger partial charge is 0.276 e. The quantitative estimate of drug-likeness (QED) is 0.842. The first kappa shape index (κ1) is 15.4. The van der Waals surface area contributed by atoms with Crippen LogP contribution in [0.1, 0.15) is 28.9 Å². The van der Waals surface area contributed by atoms with Crippen LogP contribution in [0.5, 0.6) is 0 Å². The first-order valence-electron chi connectivity index (χ1n) is 7.73. The topological polar surface area (TPSA) is 92.3 Å². The number of hydrogen-bond acceptors (Lipinski definition) is 5. The Bertz CT molecular complexity index is 673. The van der Waals surface area contributed by atoms with Crippen LogP contribution in [0, 0.1) is 5.92 Å². The van der Waals surface area contributed by atoms with Gasteiger partial charge in [-0.3, -0.25) is 4.79 Å². The summed E-state index contributed by atoms with van der Waals surface area (Å²) in [4.78, 5) is 22.6. The molecular weight excluding hydrogens is 292 g/mol. The molecule has 23 heavy (non-hydrogen) atoms. The molecule has 6 nitrogen and oxygen atoms in total. The van der Waals surface area contributed by atoms with Crippen LogP contribution in [-0.4, -0.2) is 38.5 Å². The number of benzene rings is 1. The maximum Gasteiger partial charge on any atom is 0.276 e. The fraction of sp³-hybridized carbons (Fsp3) is 0.353. The van der Waals surface area contributed by atoms with Gasteiger partial charge in [-0.1, -0.05) is 30.3 Å². The standard InChI is InChI=1S/C17H20N4O2/c18-16-15(19-8-9-20-16)17(23)21(14(11-22)13-6-7-13)10-12-4-2-1-3-5-12/h1-5,8-9,13-14,22H,6-7,10-11H2,(H2,18,20)/t14-/m1/s1. The summed E-state index contributed by atoms with van der Waals surface area (Å²) in [6.45, 7) is 0.348. The Morgan fingerprint density at radius 1 is 1.26 bits per heavy atom. The van der Waals surface area contributed by atoms with Gasteiger partial charge in [-0.15, -0.1) is 0 Å². The van der Waals surface area contributed by atoms with Crippen LogP contribution < -0.4 is 5.73 Å². The lowest BCUT2D eigenvalue weighted by Gasteiger charge is -2.31. The first-order valence-corrected chi connectivity index (χ1v) is 7.73. The summed E-state index contributed by atoms with van der Waals surface area (Å²) in [7, 11) is 0. The van der Waals surface area contributed by atoms with Crippen molar-refractivity contribution in [3.8, 4) is 0 Å². The van der Waals surface area contributed by atoms with Crippen molar-refractivity contribution in [2.45, 2.75) is 25.4 Å². The van der Waals surface area contributed by atoms with Gasteiger partial charge in [0, 0.05) is 18.9 Å². The van der Waals surface area contributed by atoms with Gasteiger partial charge in [-0.05, 0) is 24.3 Å². The molecular formula is C17H20N4O2. The number of aliphatic hydroxyl groups excluding tert-OH is 1. The van der Waals surface area contributed by atoms with Gasteiger partial charge in [0.15, 0.2) is 11.5 Å². The van der Waals surface area contributed by atoms with Gasteiger partial charge < -0.3 is 15.7 Å². The Hall–Kier alpha value is -2.47. The summed E-state index contributed by atoms with van der Waals surface area (Å²) in [5, 5.41) is 9.79. The Labute approximate surface area is 135 Å². The van der Waals surface area contributed by atoms with Gasteiger partial charge in [0.05, 0.1) is 12.6 Å². The maximum absolute atomic E-state index is 12.9. The van der Waals surface area contributed by atoms with Crippen molar-refractivity contribution in [2.75, 3.05) is 12.3 Å². The van der Waals surface area contributed by atoms with Crippen molar-refractivity contribution in [1.29, 1.82) is 0 Å². The van der Waals surface area contributed by atoms with Crippen LogP contribution >= 0.6 is 0 Å². The number of carbonyl (C=O) groups is 1. The van der Waals surface area contributed by atoms with Gasteiger partial charge >= 0.3 is 0 Å². The van der Waals surface area contributed by atoms with E-state index >= 15 is 0 Å². The van der Waals surface area contributed by atoms with Crippen LogP contribution in [0.15, 0.2) is 42.7 Å². The molecule has 0 unspecified atom stereocenters. The zero-order valence-electron chi connectivity index (χ0n) is 12.8. The normalized spacial score (nSPS) is 15.2. The van der Waals surface area contributed by atoms with E-state index in [0.29, 0.717) is 12.5 Å². The summed E-state index contributed by atoms with van der Waals surface area (Å²) in [6, 6.07) is 9.49. The van der Waals surface area contributed by atoms with Gasteiger partial charge in [-0.25, -0.2) is 9.97 Å². The molecule has 1 saturated carbocycles. The third-order valence-corrected chi connectivity index (χ3v) is 4.14. The second kappa shape index (κ2) is 6.75. The third-order valence-electron chi connectivity index (χ3n) is 4.14. The number of aromatic nitrogens is 2. The molecule has 6 heteroatoms. The Balaban J connectivity index is 1.91. The van der Waals surface area contributed by atoms with Gasteiger partial charge in [0.2, 0.25) is 0 Å². The third kappa shape index (κ3) is 3.48. The van der Waals surface area contributed by atoms with Crippen LogP contribution in [0.25, 0.3) is 0 Å². The van der Waals surface area contributed by atoms with Crippen molar-refractivity contribution in [1.82, 2.24) is 14.9 Å². The molecule has 1 aliphatic rings. The number of aliphatic hydroxyl groups is 1. The Kier molecular flexibility index (Phi) is 4.52. The van der Waals surface area contributed by atoms with E-state index in [1.54, 1.807) is 4.90 Å². The molecule has 0 bridgehead atoms. The zero-order chi connectivity index (χ0) is 16.2. The van der Waals surface area contributed by atoms with E-state index in [-0.39, 0.29) is 30.1 Å². The Morgan fingerprint density at radius 3 is 2.57 bits per heavy atom. The first-order chi connectivity index (χ1) is 11.2. The van der Waals surface area contributed by atoms with E-state index in [9.17, 15) is 9.90 Å². The fourth-order valence-corrected chi connectivity index (χ4v) is 2.75. The molecule has 1 fully saturated rings. The number of hydrogen-bond donors (Lipinski definition) is 2. The minimum atomic E-state index is -0.287. The number of anilines is 1. The molecule has 1 aromatic carbocycles. The highest BCUT2D eigenvalue weighted by atomic mass is 16.3. The van der Waals surface area contributed by atoms with Crippen molar-refractivity contribution in [2.24, 2.45) is 5.92 Å². The highest BCUT2D eigenvalue weighted by Crippen LogP contribution is 2.36. The average Bonchev–Trinajstić information content (AvgIpc) is 3.40. The molecule has 1 amide bonds. The minimum absolute atomic E-state index is 0.0661. The van der Waals surface area contributed by atoms with E-state index in [0.717, 1.165) is 18.4 Å². The second-order valence-electron chi connectivity index (χ2n) is 5.80. The summed E-state index contributed by atoms with van der Waals surface area (Å²) < 4.78 is 0. The molecule has 0 spiro atoms.